The molecule has 0 atom stereocenters. The van der Waals surface area contributed by atoms with E-state index in [1.807, 2.05) is 19.1 Å². The average Bonchev–Trinajstić information content (AvgIpc) is 3.41. The molecule has 2 rings (SSSR count). The van der Waals surface area contributed by atoms with E-state index in [-0.39, 0.29) is 5.76 Å². The molecule has 1 aliphatic rings. The number of alkyl halides is 2. The fourth-order valence-corrected chi connectivity index (χ4v) is 2.65. The molecule has 0 heterocycles. The van der Waals surface area contributed by atoms with Gasteiger partial charge in [-0.05, 0) is 55.4 Å². The van der Waals surface area contributed by atoms with Gasteiger partial charge in [-0.15, -0.1) is 0 Å². The number of hydrogen-bond donors (Lipinski definition) is 0. The maximum Gasteiger partial charge on any atom is 0.311 e. The van der Waals surface area contributed by atoms with Crippen molar-refractivity contribution < 1.29 is 13.5 Å². The maximum absolute atomic E-state index is 14.7. The van der Waals surface area contributed by atoms with Crippen LogP contribution in [0.3, 0.4) is 0 Å². The summed E-state index contributed by atoms with van der Waals surface area (Å²) in [5.41, 5.74) is 2.08. The van der Waals surface area contributed by atoms with Gasteiger partial charge in [0.25, 0.3) is 0 Å². The molecule has 1 fully saturated rings. The smallest absolute Gasteiger partial charge is 0.311 e. The van der Waals surface area contributed by atoms with Gasteiger partial charge in [-0.1, -0.05) is 44.6 Å². The van der Waals surface area contributed by atoms with E-state index in [0.717, 1.165) is 36.0 Å². The van der Waals surface area contributed by atoms with Crippen LogP contribution in [0.4, 0.5) is 14.5 Å². The highest BCUT2D eigenvalue weighted by Gasteiger charge is 2.35. The maximum atomic E-state index is 14.7. The molecule has 1 saturated carbocycles. The molecule has 0 aromatic heterocycles. The summed E-state index contributed by atoms with van der Waals surface area (Å²) in [5.74, 6) is -2.61. The summed E-state index contributed by atoms with van der Waals surface area (Å²) in [6, 6.07) is 5.64. The van der Waals surface area contributed by atoms with E-state index in [2.05, 4.69) is 18.5 Å². The lowest BCUT2D eigenvalue weighted by Crippen LogP contribution is -2.28. The van der Waals surface area contributed by atoms with Gasteiger partial charge in [0.15, 0.2) is 5.71 Å². The first-order chi connectivity index (χ1) is 11.9. The summed E-state index contributed by atoms with van der Waals surface area (Å²) >= 11 is 0. The largest absolute Gasteiger partial charge is 0.495 e. The molecule has 0 aliphatic heterocycles. The summed E-state index contributed by atoms with van der Waals surface area (Å²) in [5, 5.41) is 0. The molecule has 0 N–H and O–H groups in total. The van der Waals surface area contributed by atoms with Crippen molar-refractivity contribution in [3.63, 3.8) is 0 Å². The molecule has 2 nitrogen and oxygen atoms in total. The summed E-state index contributed by atoms with van der Waals surface area (Å²) in [6.07, 6.45) is 7.45. The molecular weight excluding hydrogens is 320 g/mol. The van der Waals surface area contributed by atoms with Gasteiger partial charge in [0.2, 0.25) is 0 Å². The van der Waals surface area contributed by atoms with E-state index < -0.39 is 11.6 Å². The predicted octanol–water partition coefficient (Wildman–Crippen LogP) is 6.17. The van der Waals surface area contributed by atoms with Crippen molar-refractivity contribution in [3.8, 4) is 0 Å². The minimum absolute atomic E-state index is 0.115. The molecule has 0 unspecified atom stereocenters. The van der Waals surface area contributed by atoms with E-state index >= 15 is 0 Å². The van der Waals surface area contributed by atoms with Crippen LogP contribution in [0.2, 0.25) is 0 Å². The molecule has 1 aromatic carbocycles. The molecule has 0 saturated heterocycles. The lowest BCUT2D eigenvalue weighted by molar-refractivity contribution is 0.129. The highest BCUT2D eigenvalue weighted by molar-refractivity contribution is 6.06. The standard InChI is InChI=1S/C21H27F2NO/c1-5-17-11-12-19(15(2)14-17)24-20(16(3)25-4)21(22,23)13-7-6-8-18-9-10-18/h7,11-14,18H,3,5-6,8-10H2,1-2,4H3/b13-7+,24-20?. The monoisotopic (exact) mass is 347 g/mol. The Balaban J connectivity index is 2.25. The van der Waals surface area contributed by atoms with Crippen molar-refractivity contribution >= 4 is 11.4 Å². The number of aryl methyl sites for hydroxylation is 2. The molecule has 0 radical (unpaired) electrons. The third kappa shape index (κ3) is 5.52. The number of benzene rings is 1. The third-order valence-electron chi connectivity index (χ3n) is 4.49. The van der Waals surface area contributed by atoms with Gasteiger partial charge in [-0.2, -0.15) is 8.78 Å². The molecule has 4 heteroatoms. The summed E-state index contributed by atoms with van der Waals surface area (Å²) in [4.78, 5) is 4.19. The molecule has 1 aliphatic carbocycles. The van der Waals surface area contributed by atoms with Gasteiger partial charge in [-0.25, -0.2) is 4.99 Å². The zero-order valence-corrected chi connectivity index (χ0v) is 15.3. The molecular formula is C21H27F2NO. The fourth-order valence-electron chi connectivity index (χ4n) is 2.65. The number of allylic oxidation sites excluding steroid dienone is 3. The number of halogens is 2. The lowest BCUT2D eigenvalue weighted by atomic mass is 10.1. The van der Waals surface area contributed by atoms with E-state index in [1.54, 1.807) is 12.1 Å². The van der Waals surface area contributed by atoms with E-state index in [9.17, 15) is 8.78 Å². The van der Waals surface area contributed by atoms with Gasteiger partial charge in [0.1, 0.15) is 5.76 Å². The number of aliphatic imine (C=N–C) groups is 1. The number of ether oxygens (including phenoxy) is 1. The van der Waals surface area contributed by atoms with Crippen molar-refractivity contribution in [2.75, 3.05) is 7.11 Å². The van der Waals surface area contributed by atoms with E-state index in [1.165, 1.54) is 20.0 Å². The second-order valence-corrected chi connectivity index (χ2v) is 6.61. The molecule has 1 aromatic rings. The first kappa shape index (κ1) is 19.4. The average molecular weight is 347 g/mol. The van der Waals surface area contributed by atoms with Crippen molar-refractivity contribution in [3.05, 3.63) is 53.8 Å². The third-order valence-corrected chi connectivity index (χ3v) is 4.49. The minimum atomic E-state index is -3.22. The van der Waals surface area contributed by atoms with Gasteiger partial charge in [-0.3, -0.25) is 0 Å². The fraction of sp³-hybridized carbons (Fsp3) is 0.476. The van der Waals surface area contributed by atoms with Crippen LogP contribution in [0.25, 0.3) is 0 Å². The Morgan fingerprint density at radius 1 is 1.40 bits per heavy atom. The normalized spacial score (nSPS) is 15.6. The minimum Gasteiger partial charge on any atom is -0.495 e. The van der Waals surface area contributed by atoms with Crippen LogP contribution in [-0.4, -0.2) is 18.7 Å². The summed E-state index contributed by atoms with van der Waals surface area (Å²) in [6.45, 7) is 7.52. The second-order valence-electron chi connectivity index (χ2n) is 6.61. The highest BCUT2D eigenvalue weighted by atomic mass is 19.3. The van der Waals surface area contributed by atoms with Crippen LogP contribution in [0.15, 0.2) is 47.7 Å². The van der Waals surface area contributed by atoms with Gasteiger partial charge >= 0.3 is 5.92 Å². The van der Waals surface area contributed by atoms with E-state index in [4.69, 9.17) is 4.74 Å². The highest BCUT2D eigenvalue weighted by Crippen LogP contribution is 2.34. The van der Waals surface area contributed by atoms with Gasteiger partial charge < -0.3 is 4.74 Å². The number of hydrogen-bond acceptors (Lipinski definition) is 2. The van der Waals surface area contributed by atoms with Gasteiger partial charge in [0, 0.05) is 0 Å². The van der Waals surface area contributed by atoms with Crippen molar-refractivity contribution in [2.45, 2.75) is 51.9 Å². The number of rotatable bonds is 9. The van der Waals surface area contributed by atoms with Crippen molar-refractivity contribution in [1.82, 2.24) is 0 Å². The topological polar surface area (TPSA) is 21.6 Å². The Morgan fingerprint density at radius 3 is 2.68 bits per heavy atom. The molecule has 25 heavy (non-hydrogen) atoms. The SMILES string of the molecule is C=C(OC)C(=Nc1ccc(CC)cc1C)C(F)(F)/C=C/CCC1CC1. The Morgan fingerprint density at radius 2 is 2.12 bits per heavy atom. The quantitative estimate of drug-likeness (QED) is 0.297. The van der Waals surface area contributed by atoms with Gasteiger partial charge in [0.05, 0.1) is 12.8 Å². The van der Waals surface area contributed by atoms with Crippen LogP contribution in [0, 0.1) is 12.8 Å². The first-order valence-electron chi connectivity index (χ1n) is 8.84. The van der Waals surface area contributed by atoms with Crippen LogP contribution in [0.1, 0.15) is 43.7 Å². The zero-order chi connectivity index (χ0) is 18.4. The Labute approximate surface area is 149 Å². The number of nitrogens with zero attached hydrogens (tertiary/aromatic N) is 1. The zero-order valence-electron chi connectivity index (χ0n) is 15.3. The van der Waals surface area contributed by atoms with Crippen LogP contribution < -0.4 is 0 Å². The second kappa shape index (κ2) is 8.41. The number of methoxy groups -OCH3 is 1. The first-order valence-corrected chi connectivity index (χ1v) is 8.84. The summed E-state index contributed by atoms with van der Waals surface area (Å²) in [7, 11) is 1.33. The Hall–Kier alpha value is -1.97. The van der Waals surface area contributed by atoms with E-state index in [0.29, 0.717) is 12.1 Å². The molecule has 0 amide bonds. The van der Waals surface area contributed by atoms with Crippen LogP contribution in [-0.2, 0) is 11.2 Å². The van der Waals surface area contributed by atoms with Crippen molar-refractivity contribution in [2.24, 2.45) is 10.9 Å². The van der Waals surface area contributed by atoms with Crippen LogP contribution in [0.5, 0.6) is 0 Å². The molecule has 0 bridgehead atoms. The Bertz CT molecular complexity index is 672. The lowest BCUT2D eigenvalue weighted by Gasteiger charge is -2.17. The molecule has 136 valence electrons. The molecule has 0 spiro atoms. The van der Waals surface area contributed by atoms with Crippen molar-refractivity contribution in [1.29, 1.82) is 0 Å². The summed E-state index contributed by atoms with van der Waals surface area (Å²) < 4.78 is 34.3. The Kier molecular flexibility index (Phi) is 6.51. The van der Waals surface area contributed by atoms with Crippen LogP contribution >= 0.6 is 0 Å². The predicted molar refractivity (Wildman–Crippen MR) is 99.8 cm³/mol.